The maximum Gasteiger partial charge on any atom is 0.0461 e. The van der Waals surface area contributed by atoms with Gasteiger partial charge in [-0.05, 0) is 6.92 Å². The molecular weight excluding hydrogens is 100 g/mol. The summed E-state index contributed by atoms with van der Waals surface area (Å²) in [5, 5.41) is 5.95. The van der Waals surface area contributed by atoms with Crippen molar-refractivity contribution in [3.63, 3.8) is 0 Å². The largest absolute Gasteiger partial charge is 0.270 e. The fourth-order valence-corrected chi connectivity index (χ4v) is 0.683. The Balaban J connectivity index is 2.48. The van der Waals surface area contributed by atoms with Crippen LogP contribution in [0.25, 0.3) is 0 Å². The zero-order chi connectivity index (χ0) is 5.98. The minimum atomic E-state index is 1.01. The van der Waals surface area contributed by atoms with E-state index in [0.29, 0.717) is 0 Å². The van der Waals surface area contributed by atoms with Gasteiger partial charge >= 0.3 is 0 Å². The van der Waals surface area contributed by atoms with Gasteiger partial charge in [0, 0.05) is 24.9 Å². The summed E-state index contributed by atoms with van der Waals surface area (Å²) in [5.74, 6) is 0. The molecule has 0 N–H and O–H groups in total. The Labute approximate surface area is 49.5 Å². The van der Waals surface area contributed by atoms with E-state index >= 15 is 0 Å². The van der Waals surface area contributed by atoms with Crippen LogP contribution in [-0.4, -0.2) is 17.8 Å². The molecule has 0 aromatic rings. The molecule has 0 fully saturated rings. The lowest BCUT2D eigenvalue weighted by Crippen LogP contribution is -2.09. The molecule has 2 heteroatoms. The molecular formula is C6H10N2. The van der Waals surface area contributed by atoms with Gasteiger partial charge in [0.05, 0.1) is 0 Å². The topological polar surface area (TPSA) is 15.6 Å². The van der Waals surface area contributed by atoms with Gasteiger partial charge in [-0.2, -0.15) is 5.10 Å². The highest BCUT2D eigenvalue weighted by Gasteiger charge is 2.03. The Morgan fingerprint density at radius 3 is 2.88 bits per heavy atom. The second-order valence-corrected chi connectivity index (χ2v) is 1.95. The average molecular weight is 110 g/mol. The zero-order valence-corrected chi connectivity index (χ0v) is 5.09. The SMILES string of the molecule is C=C(C)N1CCC=N1. The van der Waals surface area contributed by atoms with Crippen molar-refractivity contribution >= 4 is 6.21 Å². The van der Waals surface area contributed by atoms with Gasteiger partial charge in [0.2, 0.25) is 0 Å². The first kappa shape index (κ1) is 5.35. The molecule has 0 aromatic carbocycles. The van der Waals surface area contributed by atoms with Crippen LogP contribution in [0.5, 0.6) is 0 Å². The van der Waals surface area contributed by atoms with Gasteiger partial charge in [-0.1, -0.05) is 6.58 Å². The van der Waals surface area contributed by atoms with E-state index in [2.05, 4.69) is 11.7 Å². The first-order valence-corrected chi connectivity index (χ1v) is 2.76. The molecule has 0 amide bonds. The molecule has 0 aliphatic carbocycles. The van der Waals surface area contributed by atoms with Crippen LogP contribution in [0.3, 0.4) is 0 Å². The molecule has 0 spiro atoms. The Hall–Kier alpha value is -0.790. The van der Waals surface area contributed by atoms with Crippen molar-refractivity contribution in [1.29, 1.82) is 0 Å². The van der Waals surface area contributed by atoms with E-state index < -0.39 is 0 Å². The summed E-state index contributed by atoms with van der Waals surface area (Å²) in [4.78, 5) is 0. The number of rotatable bonds is 1. The van der Waals surface area contributed by atoms with Crippen LogP contribution in [-0.2, 0) is 0 Å². The van der Waals surface area contributed by atoms with Crippen molar-refractivity contribution in [3.05, 3.63) is 12.3 Å². The lowest BCUT2D eigenvalue weighted by molar-refractivity contribution is 0.405. The summed E-state index contributed by atoms with van der Waals surface area (Å²) >= 11 is 0. The van der Waals surface area contributed by atoms with Gasteiger partial charge in [-0.3, -0.25) is 5.01 Å². The Bertz CT molecular complexity index is 126. The average Bonchev–Trinajstić information content (AvgIpc) is 2.12. The Morgan fingerprint density at radius 1 is 1.88 bits per heavy atom. The summed E-state index contributed by atoms with van der Waals surface area (Å²) in [6, 6.07) is 0. The highest BCUT2D eigenvalue weighted by atomic mass is 15.5. The van der Waals surface area contributed by atoms with E-state index in [9.17, 15) is 0 Å². The third kappa shape index (κ3) is 0.886. The van der Waals surface area contributed by atoms with E-state index in [0.717, 1.165) is 18.7 Å². The van der Waals surface area contributed by atoms with E-state index in [4.69, 9.17) is 0 Å². The van der Waals surface area contributed by atoms with Crippen molar-refractivity contribution in [2.45, 2.75) is 13.3 Å². The maximum absolute atomic E-state index is 4.04. The molecule has 1 heterocycles. The quantitative estimate of drug-likeness (QED) is 0.495. The van der Waals surface area contributed by atoms with E-state index in [1.165, 1.54) is 0 Å². The highest BCUT2D eigenvalue weighted by Crippen LogP contribution is 2.05. The summed E-state index contributed by atoms with van der Waals surface area (Å²) in [5.41, 5.74) is 1.03. The standard InChI is InChI=1S/C6H10N2/c1-6(2)8-5-3-4-7-8/h4H,1,3,5H2,2H3. The fraction of sp³-hybridized carbons (Fsp3) is 0.500. The second kappa shape index (κ2) is 1.99. The molecule has 0 aromatic heterocycles. The summed E-state index contributed by atoms with van der Waals surface area (Å²) in [7, 11) is 0. The molecule has 8 heavy (non-hydrogen) atoms. The van der Waals surface area contributed by atoms with Gasteiger partial charge in [0.1, 0.15) is 0 Å². The number of allylic oxidation sites excluding steroid dienone is 1. The molecule has 0 unspecified atom stereocenters. The molecule has 2 nitrogen and oxygen atoms in total. The third-order valence-corrected chi connectivity index (χ3v) is 1.13. The Kier molecular flexibility index (Phi) is 1.33. The van der Waals surface area contributed by atoms with Crippen molar-refractivity contribution in [2.75, 3.05) is 6.54 Å². The third-order valence-electron chi connectivity index (χ3n) is 1.13. The molecule has 0 bridgehead atoms. The number of nitrogens with zero attached hydrogens (tertiary/aromatic N) is 2. The fourth-order valence-electron chi connectivity index (χ4n) is 0.683. The number of hydrogen-bond acceptors (Lipinski definition) is 2. The summed E-state index contributed by atoms with van der Waals surface area (Å²) < 4.78 is 0. The van der Waals surface area contributed by atoms with E-state index in [1.54, 1.807) is 0 Å². The second-order valence-electron chi connectivity index (χ2n) is 1.95. The van der Waals surface area contributed by atoms with Crippen LogP contribution >= 0.6 is 0 Å². The molecule has 0 saturated carbocycles. The lowest BCUT2D eigenvalue weighted by Gasteiger charge is -2.10. The molecule has 1 rings (SSSR count). The van der Waals surface area contributed by atoms with Gasteiger partial charge in [-0.15, -0.1) is 0 Å². The van der Waals surface area contributed by atoms with Gasteiger partial charge in [0.15, 0.2) is 0 Å². The molecule has 0 atom stereocenters. The van der Waals surface area contributed by atoms with Gasteiger partial charge < -0.3 is 0 Å². The van der Waals surface area contributed by atoms with E-state index in [-0.39, 0.29) is 0 Å². The number of hydrogen-bond donors (Lipinski definition) is 0. The minimum Gasteiger partial charge on any atom is -0.270 e. The zero-order valence-electron chi connectivity index (χ0n) is 5.09. The van der Waals surface area contributed by atoms with Crippen molar-refractivity contribution in [3.8, 4) is 0 Å². The van der Waals surface area contributed by atoms with Crippen molar-refractivity contribution < 1.29 is 0 Å². The van der Waals surface area contributed by atoms with Crippen molar-refractivity contribution in [1.82, 2.24) is 5.01 Å². The lowest BCUT2D eigenvalue weighted by atomic mass is 10.4. The Morgan fingerprint density at radius 2 is 2.62 bits per heavy atom. The number of hydrazone groups is 1. The van der Waals surface area contributed by atoms with Crippen LogP contribution in [0.2, 0.25) is 0 Å². The molecule has 1 aliphatic heterocycles. The van der Waals surface area contributed by atoms with Crippen LogP contribution in [0.15, 0.2) is 17.4 Å². The van der Waals surface area contributed by atoms with E-state index in [1.807, 2.05) is 18.1 Å². The van der Waals surface area contributed by atoms with Crippen molar-refractivity contribution in [2.24, 2.45) is 5.10 Å². The van der Waals surface area contributed by atoms with Gasteiger partial charge in [0.25, 0.3) is 0 Å². The van der Waals surface area contributed by atoms with Gasteiger partial charge in [-0.25, -0.2) is 0 Å². The van der Waals surface area contributed by atoms with Crippen LogP contribution < -0.4 is 0 Å². The maximum atomic E-state index is 4.04. The molecule has 44 valence electrons. The summed E-state index contributed by atoms with van der Waals surface area (Å²) in [6.45, 7) is 6.72. The molecule has 0 radical (unpaired) electrons. The highest BCUT2D eigenvalue weighted by molar-refractivity contribution is 5.59. The predicted octanol–water partition coefficient (Wildman–Crippen LogP) is 1.21. The monoisotopic (exact) mass is 110 g/mol. The smallest absolute Gasteiger partial charge is 0.0461 e. The first-order chi connectivity index (χ1) is 3.80. The molecule has 0 saturated heterocycles. The molecule has 1 aliphatic rings. The summed E-state index contributed by atoms with van der Waals surface area (Å²) in [6.07, 6.45) is 2.97. The first-order valence-electron chi connectivity index (χ1n) is 2.76. The normalized spacial score (nSPS) is 17.4. The van der Waals surface area contributed by atoms with Crippen LogP contribution in [0.4, 0.5) is 0 Å². The minimum absolute atomic E-state index is 1.01. The van der Waals surface area contributed by atoms with Crippen LogP contribution in [0, 0.1) is 0 Å². The van der Waals surface area contributed by atoms with Crippen LogP contribution in [0.1, 0.15) is 13.3 Å². The predicted molar refractivity (Wildman–Crippen MR) is 34.6 cm³/mol.